The number of hydrogen-bond acceptors (Lipinski definition) is 2. The van der Waals surface area contributed by atoms with Crippen molar-refractivity contribution in [2.24, 2.45) is 10.8 Å². The van der Waals surface area contributed by atoms with Gasteiger partial charge in [-0.05, 0) is 13.8 Å². The molecule has 7 heteroatoms. The number of halogens is 3. The summed E-state index contributed by atoms with van der Waals surface area (Å²) in [5.41, 5.74) is 2.13. The van der Waals surface area contributed by atoms with Crippen molar-refractivity contribution in [3.05, 3.63) is 0 Å². The molecule has 84 valence electrons. The molecule has 0 fully saturated rings. The van der Waals surface area contributed by atoms with E-state index in [1.165, 1.54) is 7.05 Å². The first-order valence-electron chi connectivity index (χ1n) is 4.08. The van der Waals surface area contributed by atoms with Crippen molar-refractivity contribution in [2.45, 2.75) is 26.1 Å². The van der Waals surface area contributed by atoms with E-state index in [4.69, 9.17) is 5.84 Å². The fourth-order valence-electron chi connectivity index (χ4n) is 0.971. The van der Waals surface area contributed by atoms with Gasteiger partial charge < -0.3 is 4.90 Å². The van der Waals surface area contributed by atoms with Crippen molar-refractivity contribution in [1.82, 2.24) is 10.3 Å². The number of aliphatic imine (C=N–C) groups is 1. The van der Waals surface area contributed by atoms with E-state index in [1.807, 2.05) is 0 Å². The Morgan fingerprint density at radius 1 is 1.50 bits per heavy atom. The molecule has 0 rings (SSSR count). The van der Waals surface area contributed by atoms with E-state index in [-0.39, 0.29) is 12.0 Å². The highest BCUT2D eigenvalue weighted by Crippen LogP contribution is 2.17. The molecule has 14 heavy (non-hydrogen) atoms. The van der Waals surface area contributed by atoms with Crippen LogP contribution in [0.3, 0.4) is 0 Å². The molecule has 0 aliphatic heterocycles. The number of nitrogens with one attached hydrogen (secondary N) is 1. The Kier molecular flexibility index (Phi) is 4.69. The number of nitrogens with zero attached hydrogens (tertiary/aromatic N) is 2. The number of nitrogens with two attached hydrogens (primary N) is 1. The monoisotopic (exact) mass is 212 g/mol. The zero-order chi connectivity index (χ0) is 11.4. The van der Waals surface area contributed by atoms with E-state index < -0.39 is 12.7 Å². The number of guanidine groups is 1. The minimum atomic E-state index is -4.27. The van der Waals surface area contributed by atoms with Gasteiger partial charge in [-0.25, -0.2) is 5.84 Å². The van der Waals surface area contributed by atoms with Gasteiger partial charge in [-0.2, -0.15) is 13.2 Å². The number of hydrazine groups is 1. The maximum Gasteiger partial charge on any atom is 0.406 e. The molecular formula is C7H15F3N4. The lowest BCUT2D eigenvalue weighted by Gasteiger charge is -2.29. The van der Waals surface area contributed by atoms with E-state index >= 15 is 0 Å². The zero-order valence-corrected chi connectivity index (χ0v) is 8.39. The van der Waals surface area contributed by atoms with Gasteiger partial charge in [-0.15, -0.1) is 0 Å². The maximum atomic E-state index is 12.1. The van der Waals surface area contributed by atoms with Crippen LogP contribution in [0.5, 0.6) is 0 Å². The normalized spacial score (nSPS) is 13.3. The van der Waals surface area contributed by atoms with Crippen LogP contribution in [0.2, 0.25) is 0 Å². The number of rotatable bonds is 2. The van der Waals surface area contributed by atoms with Gasteiger partial charge in [-0.3, -0.25) is 10.4 Å². The summed E-state index contributed by atoms with van der Waals surface area (Å²) >= 11 is 0. The lowest BCUT2D eigenvalue weighted by molar-refractivity contribution is -0.140. The summed E-state index contributed by atoms with van der Waals surface area (Å²) in [5, 5.41) is 0. The molecule has 0 aromatic heterocycles. The fourth-order valence-corrected chi connectivity index (χ4v) is 0.971. The molecule has 0 saturated heterocycles. The van der Waals surface area contributed by atoms with Crippen LogP contribution in [-0.4, -0.2) is 36.7 Å². The summed E-state index contributed by atoms with van der Waals surface area (Å²) in [6.07, 6.45) is -4.27. The standard InChI is InChI=1S/C7H15F3N4/c1-5(2)14(4-7(8,9)10)6(12-3)13-11/h5H,4,11H2,1-3H3,(H,12,13). The van der Waals surface area contributed by atoms with Gasteiger partial charge in [0.25, 0.3) is 0 Å². The highest BCUT2D eigenvalue weighted by Gasteiger charge is 2.33. The fraction of sp³-hybridized carbons (Fsp3) is 0.857. The van der Waals surface area contributed by atoms with Gasteiger partial charge in [0, 0.05) is 13.1 Å². The minimum absolute atomic E-state index is 0.0253. The summed E-state index contributed by atoms with van der Waals surface area (Å²) < 4.78 is 36.4. The first-order chi connectivity index (χ1) is 6.31. The molecule has 0 aliphatic carbocycles. The van der Waals surface area contributed by atoms with Crippen molar-refractivity contribution < 1.29 is 13.2 Å². The van der Waals surface area contributed by atoms with Crippen LogP contribution in [0.1, 0.15) is 13.8 Å². The van der Waals surface area contributed by atoms with E-state index in [1.54, 1.807) is 13.8 Å². The minimum Gasteiger partial charge on any atom is -0.330 e. The van der Waals surface area contributed by atoms with E-state index in [0.717, 1.165) is 4.90 Å². The molecule has 3 N–H and O–H groups in total. The molecule has 0 amide bonds. The quantitative estimate of drug-likeness (QED) is 0.307. The predicted molar refractivity (Wildman–Crippen MR) is 48.6 cm³/mol. The van der Waals surface area contributed by atoms with Crippen molar-refractivity contribution in [3.63, 3.8) is 0 Å². The molecule has 0 aromatic carbocycles. The van der Waals surface area contributed by atoms with Gasteiger partial charge in [0.05, 0.1) is 0 Å². The zero-order valence-electron chi connectivity index (χ0n) is 8.39. The second-order valence-electron chi connectivity index (χ2n) is 3.03. The topological polar surface area (TPSA) is 53.6 Å². The Morgan fingerprint density at radius 3 is 2.21 bits per heavy atom. The second-order valence-corrected chi connectivity index (χ2v) is 3.03. The predicted octanol–water partition coefficient (Wildman–Crippen LogP) is 0.708. The Labute approximate surface area is 80.9 Å². The van der Waals surface area contributed by atoms with Crippen LogP contribution in [0.25, 0.3) is 0 Å². The van der Waals surface area contributed by atoms with Crippen LogP contribution in [0.15, 0.2) is 4.99 Å². The SMILES string of the molecule is CN=C(NN)N(CC(F)(F)F)C(C)C. The Bertz CT molecular complexity index is 200. The summed E-state index contributed by atoms with van der Waals surface area (Å²) in [6, 6.07) is -0.327. The molecule has 0 aromatic rings. The van der Waals surface area contributed by atoms with E-state index in [2.05, 4.69) is 10.4 Å². The van der Waals surface area contributed by atoms with Crippen LogP contribution < -0.4 is 11.3 Å². The Hall–Kier alpha value is -0.980. The third-order valence-corrected chi connectivity index (χ3v) is 1.59. The molecular weight excluding hydrogens is 197 g/mol. The van der Waals surface area contributed by atoms with E-state index in [0.29, 0.717) is 0 Å². The van der Waals surface area contributed by atoms with Gasteiger partial charge in [-0.1, -0.05) is 0 Å². The molecule has 0 spiro atoms. The average Bonchev–Trinajstić information content (AvgIpc) is 2.02. The van der Waals surface area contributed by atoms with Crippen LogP contribution in [0.4, 0.5) is 13.2 Å². The van der Waals surface area contributed by atoms with Crippen molar-refractivity contribution in [3.8, 4) is 0 Å². The van der Waals surface area contributed by atoms with Crippen LogP contribution in [-0.2, 0) is 0 Å². The third kappa shape index (κ3) is 4.31. The average molecular weight is 212 g/mol. The molecule has 0 atom stereocenters. The molecule has 0 saturated carbocycles. The second kappa shape index (κ2) is 5.04. The highest BCUT2D eigenvalue weighted by atomic mass is 19.4. The van der Waals surface area contributed by atoms with Crippen LogP contribution >= 0.6 is 0 Å². The summed E-state index contributed by atoms with van der Waals surface area (Å²) in [7, 11) is 1.38. The maximum absolute atomic E-state index is 12.1. The lowest BCUT2D eigenvalue weighted by Crippen LogP contribution is -2.51. The molecule has 0 aliphatic rings. The largest absolute Gasteiger partial charge is 0.406 e. The summed E-state index contributed by atoms with van der Waals surface area (Å²) in [6.45, 7) is 2.20. The smallest absolute Gasteiger partial charge is 0.330 e. The van der Waals surface area contributed by atoms with Crippen molar-refractivity contribution in [1.29, 1.82) is 0 Å². The van der Waals surface area contributed by atoms with Crippen LogP contribution in [0, 0.1) is 0 Å². The first kappa shape index (κ1) is 13.0. The van der Waals surface area contributed by atoms with Crippen molar-refractivity contribution >= 4 is 5.96 Å². The number of hydrogen-bond donors (Lipinski definition) is 2. The Morgan fingerprint density at radius 2 is 2.00 bits per heavy atom. The Balaban J connectivity index is 4.61. The molecule has 4 nitrogen and oxygen atoms in total. The van der Waals surface area contributed by atoms with Gasteiger partial charge in [0.1, 0.15) is 6.54 Å². The lowest BCUT2D eigenvalue weighted by atomic mass is 10.3. The molecule has 0 heterocycles. The highest BCUT2D eigenvalue weighted by molar-refractivity contribution is 5.79. The van der Waals surface area contributed by atoms with Gasteiger partial charge in [0.2, 0.25) is 5.96 Å². The molecule has 0 radical (unpaired) electrons. The summed E-state index contributed by atoms with van der Waals surface area (Å²) in [4.78, 5) is 4.66. The van der Waals surface area contributed by atoms with E-state index in [9.17, 15) is 13.2 Å². The molecule has 0 bridgehead atoms. The van der Waals surface area contributed by atoms with Gasteiger partial charge in [0.15, 0.2) is 0 Å². The van der Waals surface area contributed by atoms with Crippen molar-refractivity contribution in [2.75, 3.05) is 13.6 Å². The first-order valence-corrected chi connectivity index (χ1v) is 4.08. The molecule has 0 unspecified atom stereocenters. The third-order valence-electron chi connectivity index (χ3n) is 1.59. The number of alkyl halides is 3. The van der Waals surface area contributed by atoms with Gasteiger partial charge >= 0.3 is 6.18 Å². The summed E-state index contributed by atoms with van der Waals surface area (Å²) in [5.74, 6) is 5.08.